The van der Waals surface area contributed by atoms with Crippen LogP contribution >= 0.6 is 0 Å². The lowest BCUT2D eigenvalue weighted by atomic mass is 9.79. The lowest BCUT2D eigenvalue weighted by Crippen LogP contribution is -2.51. The van der Waals surface area contributed by atoms with Gasteiger partial charge in [0.25, 0.3) is 5.91 Å². The maximum absolute atomic E-state index is 14.1. The van der Waals surface area contributed by atoms with Crippen LogP contribution in [0.1, 0.15) is 29.7 Å². The van der Waals surface area contributed by atoms with Gasteiger partial charge in [0.1, 0.15) is 11.4 Å². The number of carbonyl (C=O) groups is 4. The molecule has 186 valence electrons. The second-order valence-electron chi connectivity index (χ2n) is 10.0. The molecule has 3 heterocycles. The third-order valence-corrected chi connectivity index (χ3v) is 7.83. The van der Waals surface area contributed by atoms with Crippen LogP contribution in [0.2, 0.25) is 0 Å². The molecule has 0 saturated carbocycles. The molecule has 7 nitrogen and oxygen atoms in total. The van der Waals surface area contributed by atoms with E-state index in [1.807, 2.05) is 55.5 Å². The molecule has 0 unspecified atom stereocenters. The second kappa shape index (κ2) is 8.09. The maximum Gasteiger partial charge on any atom is 0.332 e. The van der Waals surface area contributed by atoms with Gasteiger partial charge in [-0.05, 0) is 43.2 Å². The van der Waals surface area contributed by atoms with Gasteiger partial charge in [0.05, 0.1) is 30.1 Å². The van der Waals surface area contributed by atoms with Crippen LogP contribution in [0.5, 0.6) is 0 Å². The minimum absolute atomic E-state index is 0.0812. The highest BCUT2D eigenvalue weighted by Crippen LogP contribution is 2.58. The van der Waals surface area contributed by atoms with E-state index in [0.29, 0.717) is 5.56 Å². The Morgan fingerprint density at radius 3 is 2.30 bits per heavy atom. The first-order valence-electron chi connectivity index (χ1n) is 12.1. The van der Waals surface area contributed by atoms with Crippen molar-refractivity contribution in [2.75, 3.05) is 4.90 Å². The molecule has 0 aromatic heterocycles. The number of fused-ring (bicyclic) bond motifs is 3. The molecule has 37 heavy (non-hydrogen) atoms. The van der Waals surface area contributed by atoms with Gasteiger partial charge in [-0.2, -0.15) is 0 Å². The highest BCUT2D eigenvalue weighted by atomic mass is 19.1. The van der Waals surface area contributed by atoms with Crippen molar-refractivity contribution in [1.82, 2.24) is 9.80 Å². The van der Waals surface area contributed by atoms with E-state index < -0.39 is 53.0 Å². The molecule has 0 aliphatic carbocycles. The van der Waals surface area contributed by atoms with Gasteiger partial charge >= 0.3 is 6.03 Å². The quantitative estimate of drug-likeness (QED) is 0.400. The van der Waals surface area contributed by atoms with Gasteiger partial charge in [0.15, 0.2) is 0 Å². The Bertz CT molecular complexity index is 1470. The standard InChI is InChI=1S/C29H24FN3O4/c1-17-8-6-11-19(14-17)24-22-23(26(35)31(25(22)34)16-18-9-4-3-5-10-18)29(2)27(36)32(28(37)33(24)29)21-13-7-12-20(30)15-21/h3-15,22-24H,16H2,1-2H3/t22-,23-,24-,29-/m1/s1. The van der Waals surface area contributed by atoms with E-state index in [2.05, 4.69) is 0 Å². The number of amides is 5. The molecule has 0 radical (unpaired) electrons. The molecule has 0 N–H and O–H groups in total. The van der Waals surface area contributed by atoms with Gasteiger partial charge in [0, 0.05) is 0 Å². The number of nitrogens with zero attached hydrogens (tertiary/aromatic N) is 3. The Kier molecular flexibility index (Phi) is 5.05. The predicted octanol–water partition coefficient (Wildman–Crippen LogP) is 4.22. The summed E-state index contributed by atoms with van der Waals surface area (Å²) in [4.78, 5) is 59.1. The highest BCUT2D eigenvalue weighted by Gasteiger charge is 2.75. The van der Waals surface area contributed by atoms with Crippen LogP contribution in [-0.4, -0.2) is 39.1 Å². The molecule has 0 spiro atoms. The van der Waals surface area contributed by atoms with Crippen molar-refractivity contribution in [3.8, 4) is 0 Å². The number of urea groups is 1. The molecule has 6 rings (SSSR count). The van der Waals surface area contributed by atoms with Crippen molar-refractivity contribution < 1.29 is 23.6 Å². The normalized spacial score (nSPS) is 26.8. The number of benzene rings is 3. The number of carbonyl (C=O) groups excluding carboxylic acids is 4. The van der Waals surface area contributed by atoms with Crippen LogP contribution in [0.4, 0.5) is 14.9 Å². The van der Waals surface area contributed by atoms with E-state index in [4.69, 9.17) is 0 Å². The molecule has 3 aromatic rings. The van der Waals surface area contributed by atoms with E-state index in [-0.39, 0.29) is 12.2 Å². The Morgan fingerprint density at radius 1 is 0.865 bits per heavy atom. The molecule has 0 bridgehead atoms. The molecule has 3 fully saturated rings. The number of imide groups is 2. The van der Waals surface area contributed by atoms with Crippen LogP contribution in [0, 0.1) is 24.6 Å². The van der Waals surface area contributed by atoms with Gasteiger partial charge in [-0.15, -0.1) is 0 Å². The summed E-state index contributed by atoms with van der Waals surface area (Å²) in [5, 5.41) is 0. The van der Waals surface area contributed by atoms with Crippen LogP contribution in [-0.2, 0) is 20.9 Å². The van der Waals surface area contributed by atoms with Gasteiger partial charge < -0.3 is 4.90 Å². The lowest BCUT2D eigenvalue weighted by Gasteiger charge is -2.32. The van der Waals surface area contributed by atoms with Crippen LogP contribution in [0.25, 0.3) is 0 Å². The Morgan fingerprint density at radius 2 is 1.59 bits per heavy atom. The minimum atomic E-state index is -1.61. The molecule has 4 atom stereocenters. The zero-order valence-electron chi connectivity index (χ0n) is 20.3. The smallest absolute Gasteiger partial charge is 0.301 e. The number of aryl methyl sites for hydroxylation is 1. The maximum atomic E-state index is 14.1. The number of rotatable bonds is 4. The third-order valence-electron chi connectivity index (χ3n) is 7.83. The van der Waals surface area contributed by atoms with Crippen molar-refractivity contribution >= 4 is 29.4 Å². The first kappa shape index (κ1) is 23.1. The molecule has 3 aromatic carbocycles. The van der Waals surface area contributed by atoms with Crippen molar-refractivity contribution in [3.05, 3.63) is 101 Å². The number of hydrogen-bond donors (Lipinski definition) is 0. The van der Waals surface area contributed by atoms with Crippen molar-refractivity contribution in [2.24, 2.45) is 11.8 Å². The van der Waals surface area contributed by atoms with Crippen molar-refractivity contribution in [3.63, 3.8) is 0 Å². The average molecular weight is 498 g/mol. The van der Waals surface area contributed by atoms with E-state index in [0.717, 1.165) is 22.1 Å². The number of halogens is 1. The van der Waals surface area contributed by atoms with E-state index in [9.17, 15) is 23.6 Å². The summed E-state index contributed by atoms with van der Waals surface area (Å²) in [6, 6.07) is 20.3. The SMILES string of the molecule is Cc1cccc([C@@H]2[C@@H]3C(=O)N(Cc4ccccc4)C(=O)[C@@H]3[C@]3(C)C(=O)N(c4cccc(F)c4)C(=O)N23)c1. The number of anilines is 1. The van der Waals surface area contributed by atoms with Gasteiger partial charge in [-0.3, -0.25) is 19.3 Å². The highest BCUT2D eigenvalue weighted by molar-refractivity contribution is 6.26. The fourth-order valence-electron chi connectivity index (χ4n) is 6.21. The average Bonchev–Trinajstić information content (AvgIpc) is 3.37. The fourth-order valence-corrected chi connectivity index (χ4v) is 6.21. The number of hydrogen-bond acceptors (Lipinski definition) is 4. The fraction of sp³-hybridized carbons (Fsp3) is 0.241. The molecule has 5 amide bonds. The minimum Gasteiger partial charge on any atom is -0.301 e. The largest absolute Gasteiger partial charge is 0.332 e. The van der Waals surface area contributed by atoms with Crippen molar-refractivity contribution in [2.45, 2.75) is 32.0 Å². The van der Waals surface area contributed by atoms with Crippen LogP contribution < -0.4 is 4.90 Å². The predicted molar refractivity (Wildman–Crippen MR) is 132 cm³/mol. The second-order valence-corrected chi connectivity index (χ2v) is 10.0. The van der Waals surface area contributed by atoms with E-state index in [1.165, 1.54) is 28.0 Å². The molecule has 3 aliphatic heterocycles. The van der Waals surface area contributed by atoms with Gasteiger partial charge in [-0.1, -0.05) is 66.2 Å². The number of likely N-dealkylation sites (tertiary alicyclic amines) is 1. The monoisotopic (exact) mass is 497 g/mol. The van der Waals surface area contributed by atoms with Gasteiger partial charge in [-0.25, -0.2) is 14.1 Å². The zero-order chi connectivity index (χ0) is 26.1. The summed E-state index contributed by atoms with van der Waals surface area (Å²) in [6.45, 7) is 3.53. The first-order chi connectivity index (χ1) is 17.7. The first-order valence-corrected chi connectivity index (χ1v) is 12.1. The van der Waals surface area contributed by atoms with Crippen LogP contribution in [0.3, 0.4) is 0 Å². The van der Waals surface area contributed by atoms with E-state index >= 15 is 0 Å². The van der Waals surface area contributed by atoms with Crippen molar-refractivity contribution in [1.29, 1.82) is 0 Å². The van der Waals surface area contributed by atoms with E-state index in [1.54, 1.807) is 13.0 Å². The Labute approximate surface area is 213 Å². The summed E-state index contributed by atoms with van der Waals surface area (Å²) < 4.78 is 14.1. The summed E-state index contributed by atoms with van der Waals surface area (Å²) in [5.74, 6) is -4.10. The lowest BCUT2D eigenvalue weighted by molar-refractivity contribution is -0.144. The summed E-state index contributed by atoms with van der Waals surface area (Å²) in [7, 11) is 0. The summed E-state index contributed by atoms with van der Waals surface area (Å²) in [5.41, 5.74) is 0.849. The molecule has 3 saturated heterocycles. The molecule has 3 aliphatic rings. The van der Waals surface area contributed by atoms with Gasteiger partial charge in [0.2, 0.25) is 11.8 Å². The molecular formula is C29H24FN3O4. The Hall–Kier alpha value is -4.33. The molecular weight excluding hydrogens is 473 g/mol. The zero-order valence-corrected chi connectivity index (χ0v) is 20.3. The topological polar surface area (TPSA) is 78.0 Å². The molecule has 8 heteroatoms. The summed E-state index contributed by atoms with van der Waals surface area (Å²) in [6.07, 6.45) is 0. The van der Waals surface area contributed by atoms with Crippen LogP contribution in [0.15, 0.2) is 78.9 Å². The Balaban J connectivity index is 1.50. The summed E-state index contributed by atoms with van der Waals surface area (Å²) >= 11 is 0. The third kappa shape index (κ3) is 3.18.